The summed E-state index contributed by atoms with van der Waals surface area (Å²) in [5, 5.41) is 3.03. The first-order valence-electron chi connectivity index (χ1n) is 7.97. The summed E-state index contributed by atoms with van der Waals surface area (Å²) in [4.78, 5) is 25.1. The minimum atomic E-state index is -3.31. The van der Waals surface area contributed by atoms with E-state index in [1.54, 1.807) is 25.1 Å². The molecule has 8 heteroatoms. The number of sulfone groups is 1. The van der Waals surface area contributed by atoms with Gasteiger partial charge in [0.2, 0.25) is 5.78 Å². The van der Waals surface area contributed by atoms with Crippen molar-refractivity contribution in [3.63, 3.8) is 0 Å². The molecule has 0 fully saturated rings. The molecule has 0 amide bonds. The van der Waals surface area contributed by atoms with E-state index < -0.39 is 21.6 Å². The van der Waals surface area contributed by atoms with Crippen molar-refractivity contribution in [2.24, 2.45) is 0 Å². The van der Waals surface area contributed by atoms with Gasteiger partial charge in [-0.2, -0.15) is 0 Å². The van der Waals surface area contributed by atoms with Crippen LogP contribution in [-0.4, -0.2) is 33.0 Å². The Hall–Kier alpha value is -2.64. The molecule has 0 spiro atoms. The van der Waals surface area contributed by atoms with Crippen LogP contribution in [0.3, 0.4) is 0 Å². The van der Waals surface area contributed by atoms with Crippen molar-refractivity contribution in [1.29, 1.82) is 0 Å². The zero-order valence-corrected chi connectivity index (χ0v) is 16.3. The van der Waals surface area contributed by atoms with Crippen LogP contribution in [0, 0.1) is 0 Å². The van der Waals surface area contributed by atoms with Gasteiger partial charge in [0.25, 0.3) is 0 Å². The lowest BCUT2D eigenvalue weighted by molar-refractivity contribution is -0.138. The third kappa shape index (κ3) is 5.42. The Labute approximate surface area is 162 Å². The highest BCUT2D eigenvalue weighted by atomic mass is 35.5. The molecule has 0 aromatic heterocycles. The van der Waals surface area contributed by atoms with Crippen LogP contribution in [-0.2, 0) is 19.4 Å². The summed E-state index contributed by atoms with van der Waals surface area (Å²) in [6.45, 7) is 1.74. The van der Waals surface area contributed by atoms with Crippen molar-refractivity contribution in [2.45, 2.75) is 11.8 Å². The summed E-state index contributed by atoms with van der Waals surface area (Å²) in [6.07, 6.45) is 2.33. The molecule has 0 atom stereocenters. The Bertz CT molecular complexity index is 981. The number of esters is 1. The van der Waals surface area contributed by atoms with Crippen LogP contribution in [0.1, 0.15) is 17.3 Å². The van der Waals surface area contributed by atoms with Crippen molar-refractivity contribution in [1.82, 2.24) is 0 Å². The molecular formula is C19H18ClNO5S. The van der Waals surface area contributed by atoms with Gasteiger partial charge < -0.3 is 10.1 Å². The maximum Gasteiger partial charge on any atom is 0.343 e. The van der Waals surface area contributed by atoms with E-state index in [2.05, 4.69) is 5.32 Å². The van der Waals surface area contributed by atoms with Crippen LogP contribution in [0.5, 0.6) is 0 Å². The number of anilines is 1. The number of carbonyl (C=O) groups excluding carboxylic acids is 2. The number of benzene rings is 2. The predicted molar refractivity (Wildman–Crippen MR) is 104 cm³/mol. The van der Waals surface area contributed by atoms with E-state index in [1.165, 1.54) is 36.5 Å². The minimum Gasteiger partial charge on any atom is -0.462 e. The molecule has 142 valence electrons. The summed E-state index contributed by atoms with van der Waals surface area (Å²) in [7, 11) is -3.31. The van der Waals surface area contributed by atoms with Gasteiger partial charge in [0, 0.05) is 23.7 Å². The quantitative estimate of drug-likeness (QED) is 0.248. The Morgan fingerprint density at radius 1 is 1.11 bits per heavy atom. The predicted octanol–water partition coefficient (Wildman–Crippen LogP) is 3.49. The van der Waals surface area contributed by atoms with E-state index in [4.69, 9.17) is 16.3 Å². The van der Waals surface area contributed by atoms with Crippen molar-refractivity contribution in [3.8, 4) is 0 Å². The Balaban J connectivity index is 2.32. The van der Waals surface area contributed by atoms with Crippen molar-refractivity contribution < 1.29 is 22.7 Å². The molecule has 2 rings (SSSR count). The Kier molecular flexibility index (Phi) is 6.76. The number of rotatable bonds is 7. The fraction of sp³-hybridized carbons (Fsp3) is 0.158. The van der Waals surface area contributed by atoms with Gasteiger partial charge in [-0.1, -0.05) is 23.7 Å². The third-order valence-electron chi connectivity index (χ3n) is 3.52. The van der Waals surface area contributed by atoms with E-state index in [0.717, 1.165) is 6.26 Å². The molecule has 0 unspecified atom stereocenters. The molecule has 0 bridgehead atoms. The lowest BCUT2D eigenvalue weighted by atomic mass is 10.0. The maximum atomic E-state index is 12.7. The van der Waals surface area contributed by atoms with E-state index >= 15 is 0 Å². The second kappa shape index (κ2) is 8.83. The first-order valence-corrected chi connectivity index (χ1v) is 10.2. The highest BCUT2D eigenvalue weighted by Gasteiger charge is 2.23. The molecule has 2 aromatic rings. The van der Waals surface area contributed by atoms with Crippen molar-refractivity contribution >= 4 is 38.9 Å². The SMILES string of the molecule is CCOC(=O)C(=CNc1ccc(S(C)(=O)=O)cc1)C(=O)c1ccccc1Cl. The van der Waals surface area contributed by atoms with Gasteiger partial charge in [0.1, 0.15) is 5.57 Å². The lowest BCUT2D eigenvalue weighted by Crippen LogP contribution is -2.18. The van der Waals surface area contributed by atoms with Gasteiger partial charge in [-0.3, -0.25) is 4.79 Å². The summed E-state index contributed by atoms with van der Waals surface area (Å²) >= 11 is 6.04. The second-order valence-electron chi connectivity index (χ2n) is 5.53. The maximum absolute atomic E-state index is 12.7. The van der Waals surface area contributed by atoms with E-state index in [9.17, 15) is 18.0 Å². The van der Waals surface area contributed by atoms with Crippen LogP contribution >= 0.6 is 11.6 Å². The zero-order chi connectivity index (χ0) is 20.0. The van der Waals surface area contributed by atoms with Gasteiger partial charge in [-0.05, 0) is 43.3 Å². The first-order chi connectivity index (χ1) is 12.7. The molecule has 0 radical (unpaired) electrons. The first kappa shape index (κ1) is 20.7. The van der Waals surface area contributed by atoms with Crippen LogP contribution < -0.4 is 5.32 Å². The Morgan fingerprint density at radius 2 is 1.74 bits per heavy atom. The number of hydrogen-bond acceptors (Lipinski definition) is 6. The second-order valence-corrected chi connectivity index (χ2v) is 7.95. The number of ether oxygens (including phenoxy) is 1. The average molecular weight is 408 g/mol. The molecule has 0 aliphatic heterocycles. The number of ketones is 1. The molecule has 27 heavy (non-hydrogen) atoms. The number of hydrogen-bond donors (Lipinski definition) is 1. The minimum absolute atomic E-state index is 0.106. The monoisotopic (exact) mass is 407 g/mol. The van der Waals surface area contributed by atoms with E-state index in [-0.39, 0.29) is 27.7 Å². The van der Waals surface area contributed by atoms with Crippen LogP contribution in [0.15, 0.2) is 65.2 Å². The van der Waals surface area contributed by atoms with E-state index in [0.29, 0.717) is 5.69 Å². The molecule has 0 saturated carbocycles. The van der Waals surface area contributed by atoms with Crippen LogP contribution in [0.2, 0.25) is 5.02 Å². The van der Waals surface area contributed by atoms with Gasteiger partial charge >= 0.3 is 5.97 Å². The van der Waals surface area contributed by atoms with Crippen LogP contribution in [0.25, 0.3) is 0 Å². The molecule has 0 saturated heterocycles. The van der Waals surface area contributed by atoms with Gasteiger partial charge in [0.05, 0.1) is 16.5 Å². The molecular weight excluding hydrogens is 390 g/mol. The fourth-order valence-corrected chi connectivity index (χ4v) is 3.02. The summed E-state index contributed by atoms with van der Waals surface area (Å²) < 4.78 is 27.9. The topological polar surface area (TPSA) is 89.5 Å². The summed E-state index contributed by atoms with van der Waals surface area (Å²) in [6, 6.07) is 12.3. The number of carbonyl (C=O) groups is 2. The van der Waals surface area contributed by atoms with Crippen LogP contribution in [0.4, 0.5) is 5.69 Å². The van der Waals surface area contributed by atoms with Crippen molar-refractivity contribution in [3.05, 3.63) is 70.9 Å². The van der Waals surface area contributed by atoms with Gasteiger partial charge in [0.15, 0.2) is 9.84 Å². The highest BCUT2D eigenvalue weighted by molar-refractivity contribution is 7.90. The number of nitrogens with one attached hydrogen (secondary N) is 1. The zero-order valence-electron chi connectivity index (χ0n) is 14.7. The van der Waals surface area contributed by atoms with Gasteiger partial charge in [-0.15, -0.1) is 0 Å². The Morgan fingerprint density at radius 3 is 2.30 bits per heavy atom. The molecule has 6 nitrogen and oxygen atoms in total. The highest BCUT2D eigenvalue weighted by Crippen LogP contribution is 2.20. The normalized spacial score (nSPS) is 11.7. The largest absolute Gasteiger partial charge is 0.462 e. The third-order valence-corrected chi connectivity index (χ3v) is 4.98. The van der Waals surface area contributed by atoms with E-state index in [1.807, 2.05) is 0 Å². The average Bonchev–Trinajstić information content (AvgIpc) is 2.62. The number of halogens is 1. The molecule has 0 aliphatic rings. The number of Topliss-reactive ketones (excluding diaryl/α,β-unsaturated/α-hetero) is 1. The molecule has 0 aliphatic carbocycles. The molecule has 2 aromatic carbocycles. The molecule has 1 N–H and O–H groups in total. The standard InChI is InChI=1S/C19H18ClNO5S/c1-3-26-19(23)16(18(22)15-6-4-5-7-17(15)20)12-21-13-8-10-14(11-9-13)27(2,24)25/h4-12,21H,3H2,1-2H3. The van der Waals surface area contributed by atoms with Gasteiger partial charge in [-0.25, -0.2) is 13.2 Å². The smallest absolute Gasteiger partial charge is 0.343 e. The fourth-order valence-electron chi connectivity index (χ4n) is 2.17. The summed E-state index contributed by atoms with van der Waals surface area (Å²) in [5.41, 5.74) is 0.445. The lowest BCUT2D eigenvalue weighted by Gasteiger charge is -2.09. The summed E-state index contributed by atoms with van der Waals surface area (Å²) in [5.74, 6) is -1.37. The van der Waals surface area contributed by atoms with Crippen molar-refractivity contribution in [2.75, 3.05) is 18.2 Å². The molecule has 0 heterocycles.